The SMILES string of the molecule is CO[C@@H](CNc1cccc(C2OCCO2)n1)c1ccccc1. The molecule has 0 aliphatic carbocycles. The summed E-state index contributed by atoms with van der Waals surface area (Å²) in [5.41, 5.74) is 1.92. The number of pyridine rings is 1. The maximum atomic E-state index is 5.55. The van der Waals surface area contributed by atoms with Crippen LogP contribution in [0.3, 0.4) is 0 Å². The highest BCUT2D eigenvalue weighted by molar-refractivity contribution is 5.36. The average Bonchev–Trinajstić information content (AvgIpc) is 3.11. The monoisotopic (exact) mass is 300 g/mol. The van der Waals surface area contributed by atoms with Crippen LogP contribution in [0.4, 0.5) is 5.82 Å². The van der Waals surface area contributed by atoms with E-state index in [0.29, 0.717) is 19.8 Å². The van der Waals surface area contributed by atoms with Gasteiger partial charge in [-0.2, -0.15) is 0 Å². The van der Waals surface area contributed by atoms with E-state index in [1.54, 1.807) is 7.11 Å². The highest BCUT2D eigenvalue weighted by atomic mass is 16.7. The Balaban J connectivity index is 1.64. The average molecular weight is 300 g/mol. The largest absolute Gasteiger partial charge is 0.375 e. The van der Waals surface area contributed by atoms with Crippen LogP contribution in [0, 0.1) is 0 Å². The van der Waals surface area contributed by atoms with Crippen molar-refractivity contribution in [1.29, 1.82) is 0 Å². The summed E-state index contributed by atoms with van der Waals surface area (Å²) in [5.74, 6) is 0.787. The number of ether oxygens (including phenoxy) is 3. The minimum Gasteiger partial charge on any atom is -0.375 e. The Labute approximate surface area is 130 Å². The zero-order valence-electron chi connectivity index (χ0n) is 12.6. The van der Waals surface area contributed by atoms with Gasteiger partial charge in [-0.05, 0) is 17.7 Å². The molecule has 2 heterocycles. The highest BCUT2D eigenvalue weighted by Crippen LogP contribution is 2.23. The fraction of sp³-hybridized carbons (Fsp3) is 0.353. The zero-order chi connectivity index (χ0) is 15.2. The van der Waals surface area contributed by atoms with Crippen LogP contribution in [0.15, 0.2) is 48.5 Å². The number of nitrogens with one attached hydrogen (secondary N) is 1. The Kier molecular flexibility index (Phi) is 5.00. The molecule has 0 radical (unpaired) electrons. The second-order valence-corrected chi connectivity index (χ2v) is 5.04. The van der Waals surface area contributed by atoms with Crippen LogP contribution in [-0.2, 0) is 14.2 Å². The molecule has 116 valence electrons. The molecule has 0 spiro atoms. The van der Waals surface area contributed by atoms with Crippen molar-refractivity contribution in [2.24, 2.45) is 0 Å². The van der Waals surface area contributed by atoms with Gasteiger partial charge in [0.15, 0.2) is 0 Å². The summed E-state index contributed by atoms with van der Waals surface area (Å²) in [5, 5.41) is 3.31. The molecule has 1 saturated heterocycles. The Bertz CT molecular complexity index is 585. The van der Waals surface area contributed by atoms with Crippen LogP contribution in [0.5, 0.6) is 0 Å². The van der Waals surface area contributed by atoms with Gasteiger partial charge in [-0.1, -0.05) is 36.4 Å². The van der Waals surface area contributed by atoms with E-state index in [-0.39, 0.29) is 12.4 Å². The van der Waals surface area contributed by atoms with Gasteiger partial charge in [0.25, 0.3) is 0 Å². The molecule has 22 heavy (non-hydrogen) atoms. The van der Waals surface area contributed by atoms with Crippen molar-refractivity contribution in [1.82, 2.24) is 4.98 Å². The lowest BCUT2D eigenvalue weighted by atomic mass is 10.1. The molecule has 1 aliphatic rings. The summed E-state index contributed by atoms with van der Waals surface area (Å²) in [7, 11) is 1.71. The standard InChI is InChI=1S/C17H20N2O3/c1-20-15(13-6-3-2-4-7-13)12-18-16-9-5-8-14(19-16)17-21-10-11-22-17/h2-9,15,17H,10-12H2,1H3,(H,18,19)/t15-/m0/s1. The Morgan fingerprint density at radius 1 is 1.14 bits per heavy atom. The number of benzene rings is 1. The van der Waals surface area contributed by atoms with E-state index in [1.165, 1.54) is 0 Å². The molecule has 1 fully saturated rings. The molecule has 0 unspecified atom stereocenters. The van der Waals surface area contributed by atoms with Crippen LogP contribution >= 0.6 is 0 Å². The smallest absolute Gasteiger partial charge is 0.201 e. The lowest BCUT2D eigenvalue weighted by molar-refractivity contribution is -0.0471. The Hall–Kier alpha value is -1.95. The first kappa shape index (κ1) is 15.0. The molecule has 2 aromatic rings. The van der Waals surface area contributed by atoms with Crippen molar-refractivity contribution in [3.05, 3.63) is 59.8 Å². The maximum Gasteiger partial charge on any atom is 0.201 e. The van der Waals surface area contributed by atoms with Crippen molar-refractivity contribution in [3.8, 4) is 0 Å². The molecule has 1 aromatic heterocycles. The lowest BCUT2D eigenvalue weighted by Crippen LogP contribution is -2.15. The van der Waals surface area contributed by atoms with Gasteiger partial charge in [0, 0.05) is 13.7 Å². The first-order chi connectivity index (χ1) is 10.9. The van der Waals surface area contributed by atoms with Crippen LogP contribution < -0.4 is 5.32 Å². The molecule has 0 saturated carbocycles. The van der Waals surface area contributed by atoms with Gasteiger partial charge in [-0.3, -0.25) is 0 Å². The van der Waals surface area contributed by atoms with Gasteiger partial charge in [0.1, 0.15) is 5.82 Å². The first-order valence-corrected chi connectivity index (χ1v) is 7.38. The molecule has 0 amide bonds. The van der Waals surface area contributed by atoms with E-state index in [1.807, 2.05) is 36.4 Å². The van der Waals surface area contributed by atoms with Gasteiger partial charge in [0.2, 0.25) is 6.29 Å². The molecule has 0 bridgehead atoms. The van der Waals surface area contributed by atoms with Gasteiger partial charge in [0.05, 0.1) is 25.0 Å². The molecular weight excluding hydrogens is 280 g/mol. The number of hydrogen-bond donors (Lipinski definition) is 1. The fourth-order valence-corrected chi connectivity index (χ4v) is 2.41. The minimum absolute atomic E-state index is 0.0226. The number of methoxy groups -OCH3 is 1. The first-order valence-electron chi connectivity index (χ1n) is 7.38. The normalized spacial score (nSPS) is 16.6. The summed E-state index contributed by atoms with van der Waals surface area (Å²) in [4.78, 5) is 4.54. The number of aromatic nitrogens is 1. The van der Waals surface area contributed by atoms with E-state index >= 15 is 0 Å². The van der Waals surface area contributed by atoms with Crippen LogP contribution in [-0.4, -0.2) is 31.9 Å². The van der Waals surface area contributed by atoms with Crippen molar-refractivity contribution in [2.75, 3.05) is 32.2 Å². The minimum atomic E-state index is -0.353. The second-order valence-electron chi connectivity index (χ2n) is 5.04. The van der Waals surface area contributed by atoms with E-state index < -0.39 is 0 Å². The van der Waals surface area contributed by atoms with Crippen molar-refractivity contribution in [3.63, 3.8) is 0 Å². The van der Waals surface area contributed by atoms with Crippen molar-refractivity contribution < 1.29 is 14.2 Å². The number of rotatable bonds is 6. The second kappa shape index (κ2) is 7.35. The summed E-state index contributed by atoms with van der Waals surface area (Å²) in [6, 6.07) is 15.9. The number of nitrogens with zero attached hydrogens (tertiary/aromatic N) is 1. The van der Waals surface area contributed by atoms with Gasteiger partial charge >= 0.3 is 0 Å². The van der Waals surface area contributed by atoms with Crippen molar-refractivity contribution in [2.45, 2.75) is 12.4 Å². The Morgan fingerprint density at radius 2 is 1.91 bits per heavy atom. The molecule has 1 N–H and O–H groups in total. The number of hydrogen-bond acceptors (Lipinski definition) is 5. The number of anilines is 1. The van der Waals surface area contributed by atoms with E-state index in [4.69, 9.17) is 14.2 Å². The molecule has 5 heteroatoms. The lowest BCUT2D eigenvalue weighted by Gasteiger charge is -2.17. The molecular formula is C17H20N2O3. The van der Waals surface area contributed by atoms with Gasteiger partial charge in [-0.25, -0.2) is 4.98 Å². The van der Waals surface area contributed by atoms with Crippen LogP contribution in [0.25, 0.3) is 0 Å². The third-order valence-electron chi connectivity index (χ3n) is 3.56. The highest BCUT2D eigenvalue weighted by Gasteiger charge is 2.19. The summed E-state index contributed by atoms with van der Waals surface area (Å²) >= 11 is 0. The van der Waals surface area contributed by atoms with E-state index in [9.17, 15) is 0 Å². The zero-order valence-corrected chi connectivity index (χ0v) is 12.6. The predicted molar refractivity (Wildman–Crippen MR) is 83.6 cm³/mol. The molecule has 1 aromatic carbocycles. The third-order valence-corrected chi connectivity index (χ3v) is 3.56. The third kappa shape index (κ3) is 3.62. The topological polar surface area (TPSA) is 52.6 Å². The van der Waals surface area contributed by atoms with E-state index in [2.05, 4.69) is 22.4 Å². The molecule has 5 nitrogen and oxygen atoms in total. The molecule has 3 rings (SSSR count). The van der Waals surface area contributed by atoms with Crippen molar-refractivity contribution >= 4 is 5.82 Å². The van der Waals surface area contributed by atoms with Crippen LogP contribution in [0.1, 0.15) is 23.7 Å². The fourth-order valence-electron chi connectivity index (χ4n) is 2.41. The summed E-state index contributed by atoms with van der Waals surface area (Å²) in [6.07, 6.45) is -0.375. The predicted octanol–water partition coefficient (Wildman–Crippen LogP) is 2.93. The maximum absolute atomic E-state index is 5.55. The van der Waals surface area contributed by atoms with E-state index in [0.717, 1.165) is 17.1 Å². The summed E-state index contributed by atoms with van der Waals surface area (Å²) in [6.45, 7) is 1.87. The molecule has 1 atom stereocenters. The van der Waals surface area contributed by atoms with Gasteiger partial charge in [-0.15, -0.1) is 0 Å². The summed E-state index contributed by atoms with van der Waals surface area (Å²) < 4.78 is 16.5. The Morgan fingerprint density at radius 3 is 2.64 bits per heavy atom. The molecule has 1 aliphatic heterocycles. The quantitative estimate of drug-likeness (QED) is 0.889. The van der Waals surface area contributed by atoms with Crippen LogP contribution in [0.2, 0.25) is 0 Å². The van der Waals surface area contributed by atoms with Gasteiger partial charge < -0.3 is 19.5 Å².